The van der Waals surface area contributed by atoms with Gasteiger partial charge in [-0.3, -0.25) is 4.79 Å². The Morgan fingerprint density at radius 2 is 2.45 bits per heavy atom. The predicted molar refractivity (Wildman–Crippen MR) is 37.6 cm³/mol. The molecule has 1 aliphatic rings. The Bertz CT molecular complexity index is 218. The van der Waals surface area contributed by atoms with Gasteiger partial charge in [-0.05, 0) is 12.8 Å². The van der Waals surface area contributed by atoms with Crippen molar-refractivity contribution in [3.8, 4) is 0 Å². The van der Waals surface area contributed by atoms with Crippen LogP contribution in [0.5, 0.6) is 0 Å². The Morgan fingerprint density at radius 3 is 2.91 bits per heavy atom. The lowest BCUT2D eigenvalue weighted by Gasteiger charge is -2.20. The van der Waals surface area contributed by atoms with Gasteiger partial charge in [0, 0.05) is 6.54 Å². The second kappa shape index (κ2) is 3.21. The van der Waals surface area contributed by atoms with Gasteiger partial charge in [0.05, 0.1) is 0 Å². The van der Waals surface area contributed by atoms with Gasteiger partial charge in [0.1, 0.15) is 17.6 Å². The molecule has 4 nitrogen and oxygen atoms in total. The Morgan fingerprint density at radius 1 is 1.73 bits per heavy atom. The lowest BCUT2D eigenvalue weighted by molar-refractivity contribution is -0.141. The van der Waals surface area contributed by atoms with Crippen LogP contribution in [-0.2, 0) is 9.59 Å². The van der Waals surface area contributed by atoms with E-state index in [4.69, 9.17) is 5.11 Å². The highest BCUT2D eigenvalue weighted by molar-refractivity contribution is 5.77. The Hall–Kier alpha value is -1.28. The van der Waals surface area contributed by atoms with Crippen LogP contribution in [0, 0.1) is 5.92 Å². The van der Waals surface area contributed by atoms with Crippen LogP contribution in [0.3, 0.4) is 0 Å². The molecule has 60 valence electrons. The van der Waals surface area contributed by atoms with Crippen molar-refractivity contribution in [2.45, 2.75) is 12.8 Å². The van der Waals surface area contributed by atoms with E-state index in [0.29, 0.717) is 13.0 Å². The summed E-state index contributed by atoms with van der Waals surface area (Å²) in [6.45, 7) is 0.675. The summed E-state index contributed by atoms with van der Waals surface area (Å²) in [6, 6.07) is 0. The van der Waals surface area contributed by atoms with Crippen LogP contribution in [0.25, 0.3) is 0 Å². The first-order chi connectivity index (χ1) is 5.25. The molecule has 0 aromatic heterocycles. The van der Waals surface area contributed by atoms with E-state index < -0.39 is 11.9 Å². The molecule has 1 heterocycles. The molecule has 1 atom stereocenters. The van der Waals surface area contributed by atoms with Crippen molar-refractivity contribution < 1.29 is 14.7 Å². The first-order valence-electron chi connectivity index (χ1n) is 3.47. The van der Waals surface area contributed by atoms with E-state index in [1.165, 1.54) is 0 Å². The molecule has 0 amide bonds. The number of carbonyl (C=O) groups is 1. The monoisotopic (exact) mass is 155 g/mol. The van der Waals surface area contributed by atoms with Gasteiger partial charge in [0.25, 0.3) is 0 Å². The van der Waals surface area contributed by atoms with Gasteiger partial charge in [-0.1, -0.05) is 0 Å². The third-order valence-electron chi connectivity index (χ3n) is 1.74. The van der Waals surface area contributed by atoms with Crippen molar-refractivity contribution >= 4 is 11.9 Å². The third kappa shape index (κ3) is 1.59. The summed E-state index contributed by atoms with van der Waals surface area (Å²) >= 11 is 0. The van der Waals surface area contributed by atoms with Gasteiger partial charge >= 0.3 is 5.97 Å². The highest BCUT2D eigenvalue weighted by atomic mass is 16.4. The minimum absolute atomic E-state index is 0.184. The van der Waals surface area contributed by atoms with Gasteiger partial charge < -0.3 is 10.4 Å². The Labute approximate surface area is 63.9 Å². The molecule has 1 saturated heterocycles. The van der Waals surface area contributed by atoms with Gasteiger partial charge in [0.15, 0.2) is 0 Å². The van der Waals surface area contributed by atoms with Crippen molar-refractivity contribution in [1.29, 1.82) is 0 Å². The maximum absolute atomic E-state index is 10.5. The average molecular weight is 155 g/mol. The molecule has 0 bridgehead atoms. The molecular weight excluding hydrogens is 146 g/mol. The summed E-state index contributed by atoms with van der Waals surface area (Å²) in [7, 11) is 0. The number of piperidine rings is 1. The maximum atomic E-state index is 10.5. The molecule has 2 N–H and O–H groups in total. The van der Waals surface area contributed by atoms with E-state index in [0.717, 1.165) is 6.42 Å². The largest absolute Gasteiger partial charge is 0.481 e. The molecule has 0 aliphatic carbocycles. The molecule has 1 unspecified atom stereocenters. The lowest BCUT2D eigenvalue weighted by Crippen LogP contribution is -2.32. The number of nitrogens with one attached hydrogen (secondary N) is 1. The molecule has 1 aliphatic heterocycles. The molecule has 11 heavy (non-hydrogen) atoms. The van der Waals surface area contributed by atoms with Gasteiger partial charge in [0.2, 0.25) is 0 Å². The van der Waals surface area contributed by atoms with E-state index in [2.05, 4.69) is 5.32 Å². The lowest BCUT2D eigenvalue weighted by atomic mass is 9.97. The third-order valence-corrected chi connectivity index (χ3v) is 1.74. The normalized spacial score (nSPS) is 23.6. The van der Waals surface area contributed by atoms with E-state index in [1.807, 2.05) is 0 Å². The topological polar surface area (TPSA) is 66.4 Å². The highest BCUT2D eigenvalue weighted by Gasteiger charge is 2.25. The second-order valence-electron chi connectivity index (χ2n) is 2.48. The zero-order valence-electron chi connectivity index (χ0n) is 5.96. The van der Waals surface area contributed by atoms with Crippen LogP contribution in [0.4, 0.5) is 0 Å². The molecule has 0 aromatic rings. The summed E-state index contributed by atoms with van der Waals surface area (Å²) in [6.07, 6.45) is 1.33. The molecule has 1 fully saturated rings. The average Bonchev–Trinajstić information content (AvgIpc) is 2.04. The Kier molecular flexibility index (Phi) is 2.28. The van der Waals surface area contributed by atoms with Crippen LogP contribution in [0.15, 0.2) is 5.70 Å². The van der Waals surface area contributed by atoms with E-state index in [9.17, 15) is 9.59 Å². The predicted octanol–water partition coefficient (Wildman–Crippen LogP) is -0.214. The molecule has 0 radical (unpaired) electrons. The number of hydrogen-bond donors (Lipinski definition) is 2. The van der Waals surface area contributed by atoms with Crippen molar-refractivity contribution in [2.75, 3.05) is 6.54 Å². The number of hydrogen-bond acceptors (Lipinski definition) is 3. The highest BCUT2D eigenvalue weighted by Crippen LogP contribution is 2.17. The molecule has 0 saturated carbocycles. The number of aliphatic carboxylic acids is 1. The van der Waals surface area contributed by atoms with Gasteiger partial charge in [-0.15, -0.1) is 0 Å². The first kappa shape index (κ1) is 7.82. The fraction of sp³-hybridized carbons (Fsp3) is 0.571. The molecule has 0 spiro atoms. The second-order valence-corrected chi connectivity index (χ2v) is 2.48. The zero-order valence-corrected chi connectivity index (χ0v) is 5.96. The van der Waals surface area contributed by atoms with Crippen LogP contribution in [-0.4, -0.2) is 23.6 Å². The number of rotatable bonds is 1. The van der Waals surface area contributed by atoms with Crippen molar-refractivity contribution in [1.82, 2.24) is 5.32 Å². The van der Waals surface area contributed by atoms with Crippen molar-refractivity contribution in [3.05, 3.63) is 5.70 Å². The van der Waals surface area contributed by atoms with Crippen LogP contribution in [0.2, 0.25) is 0 Å². The standard InChI is InChI=1S/C7H9NO3/c9-4-6-5(7(10)11)2-1-3-8-6/h5,8H,1-3H2,(H,10,11). The summed E-state index contributed by atoms with van der Waals surface area (Å²) in [5.41, 5.74) is 0.184. The minimum atomic E-state index is -0.949. The molecular formula is C7H9NO3. The number of carbonyl (C=O) groups excluding carboxylic acids is 1. The maximum Gasteiger partial charge on any atom is 0.313 e. The van der Waals surface area contributed by atoms with E-state index in [1.54, 1.807) is 5.94 Å². The fourth-order valence-corrected chi connectivity index (χ4v) is 1.15. The van der Waals surface area contributed by atoms with Gasteiger partial charge in [-0.2, -0.15) is 0 Å². The zero-order chi connectivity index (χ0) is 8.27. The van der Waals surface area contributed by atoms with Gasteiger partial charge in [-0.25, -0.2) is 4.79 Å². The van der Waals surface area contributed by atoms with Crippen LogP contribution < -0.4 is 5.32 Å². The quantitative estimate of drug-likeness (QED) is 0.514. The Balaban J connectivity index is 2.75. The van der Waals surface area contributed by atoms with Crippen molar-refractivity contribution in [3.63, 3.8) is 0 Å². The fourth-order valence-electron chi connectivity index (χ4n) is 1.15. The van der Waals surface area contributed by atoms with Crippen LogP contribution in [0.1, 0.15) is 12.8 Å². The molecule has 4 heteroatoms. The summed E-state index contributed by atoms with van der Waals surface area (Å²) in [5.74, 6) is -0.00403. The smallest absolute Gasteiger partial charge is 0.313 e. The summed E-state index contributed by atoms with van der Waals surface area (Å²) in [4.78, 5) is 20.7. The minimum Gasteiger partial charge on any atom is -0.481 e. The number of carboxylic acids is 1. The number of carboxylic acid groups (broad SMARTS) is 1. The molecule has 0 aromatic carbocycles. The van der Waals surface area contributed by atoms with Crippen molar-refractivity contribution in [2.24, 2.45) is 5.92 Å². The van der Waals surface area contributed by atoms with E-state index >= 15 is 0 Å². The van der Waals surface area contributed by atoms with E-state index in [-0.39, 0.29) is 5.70 Å². The summed E-state index contributed by atoms with van der Waals surface area (Å²) < 4.78 is 0. The first-order valence-corrected chi connectivity index (χ1v) is 3.47. The SMILES string of the molecule is O=C=C1NCCCC1C(=O)O. The summed E-state index contributed by atoms with van der Waals surface area (Å²) in [5, 5.41) is 11.3. The molecule has 1 rings (SSSR count). The van der Waals surface area contributed by atoms with Crippen LogP contribution >= 0.6 is 0 Å².